The fourth-order valence-corrected chi connectivity index (χ4v) is 3.62. The second-order valence-corrected chi connectivity index (χ2v) is 8.02. The van der Waals surface area contributed by atoms with Crippen LogP contribution in [0, 0.1) is 19.8 Å². The van der Waals surface area contributed by atoms with Crippen molar-refractivity contribution in [3.8, 4) is 11.3 Å². The zero-order chi connectivity index (χ0) is 21.3. The Balaban J connectivity index is 1.36. The van der Waals surface area contributed by atoms with Crippen molar-refractivity contribution in [3.05, 3.63) is 70.4 Å². The lowest BCUT2D eigenvalue weighted by atomic mass is 10.1. The van der Waals surface area contributed by atoms with E-state index >= 15 is 0 Å². The van der Waals surface area contributed by atoms with Crippen molar-refractivity contribution in [3.63, 3.8) is 0 Å². The molecule has 0 aliphatic carbocycles. The van der Waals surface area contributed by atoms with Gasteiger partial charge in [-0.05, 0) is 61.4 Å². The van der Waals surface area contributed by atoms with E-state index in [1.165, 1.54) is 5.56 Å². The molecule has 1 aliphatic heterocycles. The molecule has 4 rings (SSSR count). The molecule has 6 nitrogen and oxygen atoms in total. The Morgan fingerprint density at radius 2 is 1.93 bits per heavy atom. The summed E-state index contributed by atoms with van der Waals surface area (Å²) in [5.74, 6) is 0.0187. The van der Waals surface area contributed by atoms with Gasteiger partial charge in [0, 0.05) is 35.3 Å². The summed E-state index contributed by atoms with van der Waals surface area (Å²) in [6.07, 6.45) is 0.202. The van der Waals surface area contributed by atoms with Crippen LogP contribution in [0.5, 0.6) is 0 Å². The van der Waals surface area contributed by atoms with Crippen LogP contribution in [0.4, 0.5) is 5.69 Å². The Labute approximate surface area is 179 Å². The highest BCUT2D eigenvalue weighted by atomic mass is 35.5. The first kappa shape index (κ1) is 20.2. The van der Waals surface area contributed by atoms with Crippen molar-refractivity contribution in [1.29, 1.82) is 0 Å². The molecule has 1 fully saturated rings. The molecule has 0 radical (unpaired) electrons. The van der Waals surface area contributed by atoms with Crippen molar-refractivity contribution >= 4 is 29.1 Å². The zero-order valence-corrected chi connectivity index (χ0v) is 17.6. The number of halogens is 1. The van der Waals surface area contributed by atoms with Gasteiger partial charge in [0.15, 0.2) is 5.76 Å². The fraction of sp³-hybridized carbons (Fsp3) is 0.261. The molecule has 0 spiro atoms. The maximum Gasteiger partial charge on any atom is 0.227 e. The molecule has 2 amide bonds. The van der Waals surface area contributed by atoms with E-state index < -0.39 is 0 Å². The molecule has 1 N–H and O–H groups in total. The van der Waals surface area contributed by atoms with E-state index in [4.69, 9.17) is 16.1 Å². The number of hydrogen-bond donors (Lipinski definition) is 1. The molecule has 30 heavy (non-hydrogen) atoms. The molecule has 3 aromatic rings. The molecule has 154 valence electrons. The minimum Gasteiger partial charge on any atom is -0.356 e. The molecule has 1 aromatic heterocycles. The van der Waals surface area contributed by atoms with E-state index in [0.29, 0.717) is 23.0 Å². The molecular formula is C23H22ClN3O3. The van der Waals surface area contributed by atoms with Gasteiger partial charge >= 0.3 is 0 Å². The van der Waals surface area contributed by atoms with Crippen LogP contribution in [0.25, 0.3) is 11.3 Å². The number of aryl methyl sites for hydroxylation is 2. The Hall–Kier alpha value is -3.12. The molecule has 0 bridgehead atoms. The van der Waals surface area contributed by atoms with Crippen LogP contribution in [-0.4, -0.2) is 23.5 Å². The summed E-state index contributed by atoms with van der Waals surface area (Å²) in [7, 11) is 0. The standard InChI is InChI=1S/C23H22ClN3O3/c1-14-3-8-20(9-15(14)2)27-13-17(10-22(27)28)23(29)25-12-19-11-21(30-26-19)16-4-6-18(24)7-5-16/h3-9,11,17H,10,12-13H2,1-2H3,(H,25,29)/t17-/m0/s1. The number of aromatic nitrogens is 1. The summed E-state index contributed by atoms with van der Waals surface area (Å²) in [6, 6.07) is 14.9. The minimum absolute atomic E-state index is 0.0372. The van der Waals surface area contributed by atoms with Crippen molar-refractivity contribution in [2.75, 3.05) is 11.4 Å². The average molecular weight is 424 g/mol. The van der Waals surface area contributed by atoms with Crippen LogP contribution in [0.15, 0.2) is 53.1 Å². The molecule has 2 aromatic carbocycles. The van der Waals surface area contributed by atoms with E-state index in [1.54, 1.807) is 23.1 Å². The highest BCUT2D eigenvalue weighted by Crippen LogP contribution is 2.27. The predicted octanol–water partition coefficient (Wildman–Crippen LogP) is 4.28. The predicted molar refractivity (Wildman–Crippen MR) is 115 cm³/mol. The number of nitrogens with zero attached hydrogens (tertiary/aromatic N) is 2. The summed E-state index contributed by atoms with van der Waals surface area (Å²) in [5, 5.41) is 7.52. The van der Waals surface area contributed by atoms with E-state index in [-0.39, 0.29) is 30.7 Å². The molecule has 1 aliphatic rings. The first-order valence-corrected chi connectivity index (χ1v) is 10.2. The Morgan fingerprint density at radius 1 is 1.17 bits per heavy atom. The third-order valence-corrected chi connectivity index (χ3v) is 5.68. The molecular weight excluding hydrogens is 402 g/mol. The number of carbonyl (C=O) groups excluding carboxylic acids is 2. The second-order valence-electron chi connectivity index (χ2n) is 7.58. The number of rotatable bonds is 5. The highest BCUT2D eigenvalue weighted by Gasteiger charge is 2.35. The lowest BCUT2D eigenvalue weighted by molar-refractivity contribution is -0.126. The Morgan fingerprint density at radius 3 is 2.67 bits per heavy atom. The van der Waals surface area contributed by atoms with Gasteiger partial charge in [-0.2, -0.15) is 0 Å². The van der Waals surface area contributed by atoms with Crippen LogP contribution in [0.1, 0.15) is 23.2 Å². The van der Waals surface area contributed by atoms with Gasteiger partial charge in [0.2, 0.25) is 11.8 Å². The maximum atomic E-state index is 12.6. The zero-order valence-electron chi connectivity index (χ0n) is 16.8. The summed E-state index contributed by atoms with van der Waals surface area (Å²) < 4.78 is 5.35. The second kappa shape index (κ2) is 8.32. The quantitative estimate of drug-likeness (QED) is 0.664. The van der Waals surface area contributed by atoms with Gasteiger partial charge in [-0.3, -0.25) is 9.59 Å². The molecule has 1 atom stereocenters. The van der Waals surface area contributed by atoms with Gasteiger partial charge < -0.3 is 14.7 Å². The van der Waals surface area contributed by atoms with Crippen LogP contribution < -0.4 is 10.2 Å². The lowest BCUT2D eigenvalue weighted by Gasteiger charge is -2.18. The number of hydrogen-bond acceptors (Lipinski definition) is 4. The average Bonchev–Trinajstić information content (AvgIpc) is 3.36. The minimum atomic E-state index is -0.387. The summed E-state index contributed by atoms with van der Waals surface area (Å²) in [4.78, 5) is 26.8. The summed E-state index contributed by atoms with van der Waals surface area (Å²) >= 11 is 5.90. The SMILES string of the molecule is Cc1ccc(N2C[C@@H](C(=O)NCc3cc(-c4ccc(Cl)cc4)on3)CC2=O)cc1C. The van der Waals surface area contributed by atoms with Gasteiger partial charge in [0.1, 0.15) is 5.69 Å². The van der Waals surface area contributed by atoms with Gasteiger partial charge in [0.25, 0.3) is 0 Å². The first-order valence-electron chi connectivity index (χ1n) is 9.77. The third kappa shape index (κ3) is 4.24. The number of benzene rings is 2. The van der Waals surface area contributed by atoms with E-state index in [2.05, 4.69) is 10.5 Å². The summed E-state index contributed by atoms with van der Waals surface area (Å²) in [6.45, 7) is 4.66. The highest BCUT2D eigenvalue weighted by molar-refractivity contribution is 6.30. The lowest BCUT2D eigenvalue weighted by Crippen LogP contribution is -2.32. The number of nitrogens with one attached hydrogen (secondary N) is 1. The molecule has 7 heteroatoms. The molecule has 1 saturated heterocycles. The van der Waals surface area contributed by atoms with E-state index in [1.807, 2.05) is 44.2 Å². The van der Waals surface area contributed by atoms with Gasteiger partial charge in [-0.15, -0.1) is 0 Å². The van der Waals surface area contributed by atoms with Crippen LogP contribution >= 0.6 is 11.6 Å². The van der Waals surface area contributed by atoms with Crippen molar-refractivity contribution in [2.24, 2.45) is 5.92 Å². The summed E-state index contributed by atoms with van der Waals surface area (Å²) in [5.41, 5.74) is 4.60. The van der Waals surface area contributed by atoms with Crippen molar-refractivity contribution in [1.82, 2.24) is 10.5 Å². The monoisotopic (exact) mass is 423 g/mol. The van der Waals surface area contributed by atoms with Gasteiger partial charge in [0.05, 0.1) is 12.5 Å². The number of amides is 2. The molecule has 0 unspecified atom stereocenters. The van der Waals surface area contributed by atoms with E-state index in [0.717, 1.165) is 16.8 Å². The molecule has 0 saturated carbocycles. The smallest absolute Gasteiger partial charge is 0.227 e. The Kier molecular flexibility index (Phi) is 5.59. The van der Waals surface area contributed by atoms with Crippen LogP contribution in [0.2, 0.25) is 5.02 Å². The van der Waals surface area contributed by atoms with Crippen LogP contribution in [-0.2, 0) is 16.1 Å². The fourth-order valence-electron chi connectivity index (χ4n) is 3.49. The topological polar surface area (TPSA) is 75.4 Å². The largest absolute Gasteiger partial charge is 0.356 e. The Bertz CT molecular complexity index is 1090. The van der Waals surface area contributed by atoms with Gasteiger partial charge in [-0.1, -0.05) is 22.8 Å². The number of carbonyl (C=O) groups is 2. The van der Waals surface area contributed by atoms with Gasteiger partial charge in [-0.25, -0.2) is 0 Å². The maximum absolute atomic E-state index is 12.6. The first-order chi connectivity index (χ1) is 14.4. The van der Waals surface area contributed by atoms with E-state index in [9.17, 15) is 9.59 Å². The normalized spacial score (nSPS) is 16.2. The van der Waals surface area contributed by atoms with Crippen molar-refractivity contribution in [2.45, 2.75) is 26.8 Å². The van der Waals surface area contributed by atoms with Crippen LogP contribution in [0.3, 0.4) is 0 Å². The molecule has 2 heterocycles. The number of anilines is 1. The van der Waals surface area contributed by atoms with Crippen molar-refractivity contribution < 1.29 is 14.1 Å². The third-order valence-electron chi connectivity index (χ3n) is 5.43.